The van der Waals surface area contributed by atoms with E-state index in [0.717, 1.165) is 16.9 Å². The quantitative estimate of drug-likeness (QED) is 0.840. The number of hydrogen-bond donors (Lipinski definition) is 0. The molecule has 4 rings (SSSR count). The van der Waals surface area contributed by atoms with Gasteiger partial charge in [0.15, 0.2) is 11.5 Å². The van der Waals surface area contributed by atoms with Crippen molar-refractivity contribution >= 4 is 0 Å². The minimum absolute atomic E-state index is 0.179. The number of alkyl halides is 3. The van der Waals surface area contributed by atoms with E-state index in [1.807, 2.05) is 17.0 Å². The summed E-state index contributed by atoms with van der Waals surface area (Å²) in [6.07, 6.45) is -4.45. The molecule has 0 spiro atoms. The Bertz CT molecular complexity index is 788. The van der Waals surface area contributed by atoms with Crippen molar-refractivity contribution in [2.24, 2.45) is 0 Å². The van der Waals surface area contributed by atoms with Gasteiger partial charge in [-0.3, -0.25) is 4.90 Å². The second-order valence-corrected chi connectivity index (χ2v) is 6.39. The molecule has 3 heterocycles. The van der Waals surface area contributed by atoms with E-state index in [2.05, 4.69) is 5.16 Å². The summed E-state index contributed by atoms with van der Waals surface area (Å²) in [6.45, 7) is 2.70. The van der Waals surface area contributed by atoms with Gasteiger partial charge in [0, 0.05) is 36.7 Å². The Morgan fingerprint density at radius 1 is 1.24 bits per heavy atom. The van der Waals surface area contributed by atoms with Crippen LogP contribution in [0, 0.1) is 0 Å². The number of hydrogen-bond acceptors (Lipinski definition) is 5. The molecule has 0 aliphatic carbocycles. The molecule has 134 valence electrons. The van der Waals surface area contributed by atoms with Crippen molar-refractivity contribution in [1.29, 1.82) is 0 Å². The zero-order valence-corrected chi connectivity index (χ0v) is 13.6. The highest BCUT2D eigenvalue weighted by Gasteiger charge is 2.35. The molecule has 1 atom stereocenters. The smallest absolute Gasteiger partial charge is 0.390 e. The Kier molecular flexibility index (Phi) is 3.87. The fraction of sp³-hybridized carbons (Fsp3) is 0.471. The summed E-state index contributed by atoms with van der Waals surface area (Å²) >= 11 is 0. The van der Waals surface area contributed by atoms with E-state index in [1.54, 1.807) is 13.0 Å². The van der Waals surface area contributed by atoms with Crippen LogP contribution in [0.4, 0.5) is 13.2 Å². The second-order valence-electron chi connectivity index (χ2n) is 6.39. The van der Waals surface area contributed by atoms with Gasteiger partial charge >= 0.3 is 6.18 Å². The molecule has 5 nitrogen and oxygen atoms in total. The largest absolute Gasteiger partial charge is 0.454 e. The fourth-order valence-corrected chi connectivity index (χ4v) is 3.34. The van der Waals surface area contributed by atoms with Crippen molar-refractivity contribution in [3.63, 3.8) is 0 Å². The summed E-state index contributed by atoms with van der Waals surface area (Å²) in [5.74, 6) is 2.04. The molecule has 0 saturated heterocycles. The van der Waals surface area contributed by atoms with Crippen LogP contribution in [-0.4, -0.2) is 35.6 Å². The molecule has 2 aliphatic heterocycles. The van der Waals surface area contributed by atoms with Gasteiger partial charge < -0.3 is 14.0 Å². The van der Waals surface area contributed by atoms with Crippen LogP contribution in [0.1, 0.15) is 24.7 Å². The first-order valence-electron chi connectivity index (χ1n) is 8.09. The standard InChI is InChI=1S/C17H17F3N2O3/c1-10(7-17(18,19)20)22-5-4-13-12(8-22)16(21-25-13)11-2-3-14-15(6-11)24-9-23-14/h2-3,6,10H,4-5,7-9H2,1H3. The molecule has 1 unspecified atom stereocenters. The van der Waals surface area contributed by atoms with Crippen molar-refractivity contribution in [2.75, 3.05) is 13.3 Å². The number of rotatable bonds is 3. The zero-order valence-electron chi connectivity index (χ0n) is 13.6. The van der Waals surface area contributed by atoms with Gasteiger partial charge in [0.25, 0.3) is 0 Å². The van der Waals surface area contributed by atoms with Crippen LogP contribution in [0.3, 0.4) is 0 Å². The van der Waals surface area contributed by atoms with Crippen LogP contribution in [0.15, 0.2) is 22.7 Å². The van der Waals surface area contributed by atoms with E-state index >= 15 is 0 Å². The Hall–Kier alpha value is -2.22. The highest BCUT2D eigenvalue weighted by atomic mass is 19.4. The summed E-state index contributed by atoms with van der Waals surface area (Å²) in [5, 5.41) is 4.14. The lowest BCUT2D eigenvalue weighted by Gasteiger charge is -2.32. The second kappa shape index (κ2) is 5.94. The number of ether oxygens (including phenoxy) is 2. The van der Waals surface area contributed by atoms with Crippen molar-refractivity contribution in [3.05, 3.63) is 29.5 Å². The summed E-state index contributed by atoms with van der Waals surface area (Å²) in [6, 6.07) is 4.88. The molecule has 0 radical (unpaired) electrons. The maximum absolute atomic E-state index is 12.7. The summed E-state index contributed by atoms with van der Waals surface area (Å²) in [4.78, 5) is 1.82. The molecule has 2 aromatic rings. The molecule has 0 N–H and O–H groups in total. The SMILES string of the molecule is CC(CC(F)(F)F)N1CCc2onc(-c3ccc4c(c3)OCO4)c2C1. The fourth-order valence-electron chi connectivity index (χ4n) is 3.34. The first-order valence-corrected chi connectivity index (χ1v) is 8.09. The Morgan fingerprint density at radius 2 is 2.04 bits per heavy atom. The van der Waals surface area contributed by atoms with Gasteiger partial charge in [0.1, 0.15) is 11.5 Å². The van der Waals surface area contributed by atoms with Gasteiger partial charge in [0.2, 0.25) is 6.79 Å². The first kappa shape index (κ1) is 16.3. The van der Waals surface area contributed by atoms with Crippen LogP contribution in [0.2, 0.25) is 0 Å². The summed E-state index contributed by atoms with van der Waals surface area (Å²) in [7, 11) is 0. The zero-order chi connectivity index (χ0) is 17.6. The van der Waals surface area contributed by atoms with Crippen molar-refractivity contribution in [2.45, 2.75) is 38.5 Å². The Balaban J connectivity index is 1.59. The third-order valence-electron chi connectivity index (χ3n) is 4.65. The predicted molar refractivity (Wildman–Crippen MR) is 82.3 cm³/mol. The van der Waals surface area contributed by atoms with Crippen molar-refractivity contribution in [1.82, 2.24) is 10.1 Å². The summed E-state index contributed by atoms with van der Waals surface area (Å²) < 4.78 is 54.2. The Labute approximate surface area is 142 Å². The lowest BCUT2D eigenvalue weighted by molar-refractivity contribution is -0.146. The van der Waals surface area contributed by atoms with Gasteiger partial charge in [-0.15, -0.1) is 0 Å². The van der Waals surface area contributed by atoms with Gasteiger partial charge in [0.05, 0.1) is 6.42 Å². The predicted octanol–water partition coefficient (Wildman–Crippen LogP) is 3.77. The van der Waals surface area contributed by atoms with Crippen LogP contribution in [-0.2, 0) is 13.0 Å². The number of fused-ring (bicyclic) bond motifs is 2. The molecular weight excluding hydrogens is 337 g/mol. The van der Waals surface area contributed by atoms with Crippen LogP contribution in [0.25, 0.3) is 11.3 Å². The normalized spacial score (nSPS) is 18.2. The average Bonchev–Trinajstić information content (AvgIpc) is 3.18. The van der Waals surface area contributed by atoms with Gasteiger partial charge in [-0.05, 0) is 25.1 Å². The topological polar surface area (TPSA) is 47.7 Å². The number of aromatic nitrogens is 1. The third kappa shape index (κ3) is 3.18. The third-order valence-corrected chi connectivity index (χ3v) is 4.65. The van der Waals surface area contributed by atoms with Crippen LogP contribution >= 0.6 is 0 Å². The van der Waals surface area contributed by atoms with E-state index < -0.39 is 18.6 Å². The first-order chi connectivity index (χ1) is 11.9. The molecule has 0 amide bonds. The molecule has 1 aromatic carbocycles. The molecule has 0 saturated carbocycles. The molecule has 1 aromatic heterocycles. The molecule has 0 fully saturated rings. The van der Waals surface area contributed by atoms with E-state index in [1.165, 1.54) is 0 Å². The lowest BCUT2D eigenvalue weighted by Crippen LogP contribution is -2.39. The van der Waals surface area contributed by atoms with Gasteiger partial charge in [-0.25, -0.2) is 0 Å². The van der Waals surface area contributed by atoms with E-state index in [-0.39, 0.29) is 6.79 Å². The minimum Gasteiger partial charge on any atom is -0.454 e. The minimum atomic E-state index is -4.17. The molecule has 0 bridgehead atoms. The van der Waals surface area contributed by atoms with Crippen LogP contribution < -0.4 is 9.47 Å². The highest BCUT2D eigenvalue weighted by molar-refractivity contribution is 5.67. The van der Waals surface area contributed by atoms with Gasteiger partial charge in [-0.1, -0.05) is 5.16 Å². The van der Waals surface area contributed by atoms with Gasteiger partial charge in [-0.2, -0.15) is 13.2 Å². The monoisotopic (exact) mass is 354 g/mol. The molecule has 25 heavy (non-hydrogen) atoms. The van der Waals surface area contributed by atoms with Crippen LogP contribution in [0.5, 0.6) is 11.5 Å². The summed E-state index contributed by atoms with van der Waals surface area (Å²) in [5.41, 5.74) is 2.30. The average molecular weight is 354 g/mol. The van der Waals surface area contributed by atoms with Crippen molar-refractivity contribution < 1.29 is 27.2 Å². The van der Waals surface area contributed by atoms with E-state index in [4.69, 9.17) is 14.0 Å². The molecule has 2 aliphatic rings. The highest BCUT2D eigenvalue weighted by Crippen LogP contribution is 2.38. The molecular formula is C17H17F3N2O3. The Morgan fingerprint density at radius 3 is 2.84 bits per heavy atom. The number of benzene rings is 1. The van der Waals surface area contributed by atoms with Crippen molar-refractivity contribution in [3.8, 4) is 22.8 Å². The van der Waals surface area contributed by atoms with E-state index in [9.17, 15) is 13.2 Å². The molecule has 8 heteroatoms. The lowest BCUT2D eigenvalue weighted by atomic mass is 9.99. The number of nitrogens with zero attached hydrogens (tertiary/aromatic N) is 2. The van der Waals surface area contributed by atoms with E-state index in [0.29, 0.717) is 36.7 Å². The maximum atomic E-state index is 12.7. The number of halogens is 3. The maximum Gasteiger partial charge on any atom is 0.390 e.